The third-order valence-electron chi connectivity index (χ3n) is 7.98. The molecule has 0 bridgehead atoms. The van der Waals surface area contributed by atoms with Crippen LogP contribution in [0.2, 0.25) is 0 Å². The Morgan fingerprint density at radius 3 is 2.45 bits per heavy atom. The number of rotatable bonds is 2. The molecule has 0 saturated heterocycles. The van der Waals surface area contributed by atoms with Crippen molar-refractivity contribution in [2.75, 3.05) is 7.11 Å². The smallest absolute Gasteiger partial charge is 0.178 e. The number of Topliss-reactive ketones (excluding diaryl/α,β-unsaturated/α-hetero) is 2. The average molecular weight is 399 g/mol. The lowest BCUT2D eigenvalue weighted by Crippen LogP contribution is -2.54. The van der Waals surface area contributed by atoms with Gasteiger partial charge in [-0.1, -0.05) is 25.5 Å². The van der Waals surface area contributed by atoms with Crippen molar-refractivity contribution in [3.8, 4) is 12.8 Å². The molecule has 0 heterocycles. The number of carbonyl (C=O) groups is 3. The highest BCUT2D eigenvalue weighted by molar-refractivity contribution is 6.01. The zero-order chi connectivity index (χ0) is 22.0. The van der Waals surface area contributed by atoms with Crippen molar-refractivity contribution in [3.63, 3.8) is 0 Å². The molecule has 6 unspecified atom stereocenters. The normalized spacial score (nSPS) is 39.5. The zero-order valence-electron chi connectivity index (χ0n) is 18.1. The highest BCUT2D eigenvalue weighted by atomic mass is 16.2. The molecule has 4 rings (SSSR count). The van der Waals surface area contributed by atoms with Crippen LogP contribution in [0.4, 0.5) is 0 Å². The van der Waals surface area contributed by atoms with E-state index >= 15 is 0 Å². The van der Waals surface area contributed by atoms with Gasteiger partial charge in [-0.25, -0.2) is 0 Å². The molecule has 0 radical (unpaired) electrons. The Morgan fingerprint density at radius 2 is 1.83 bits per heavy atom. The minimum Gasteiger partial charge on any atom is -0.400 e. The highest BCUT2D eigenvalue weighted by Gasteiger charge is 2.61. The van der Waals surface area contributed by atoms with E-state index in [1.807, 2.05) is 6.08 Å². The number of hydrogen-bond acceptors (Lipinski definition) is 4. The summed E-state index contributed by atoms with van der Waals surface area (Å²) in [5.41, 5.74) is 0.848. The van der Waals surface area contributed by atoms with Gasteiger partial charge in [0.25, 0.3) is 0 Å². The Balaban J connectivity index is 0.000000707. The fourth-order valence-electron chi connectivity index (χ4n) is 6.81. The summed E-state index contributed by atoms with van der Waals surface area (Å²) in [5, 5.41) is 7.00. The fourth-order valence-corrected chi connectivity index (χ4v) is 6.81. The van der Waals surface area contributed by atoms with Crippen LogP contribution in [0.15, 0.2) is 23.8 Å². The zero-order valence-corrected chi connectivity index (χ0v) is 18.1. The van der Waals surface area contributed by atoms with Crippen molar-refractivity contribution >= 4 is 17.3 Å². The summed E-state index contributed by atoms with van der Waals surface area (Å²) in [6.45, 7) is 6.09. The van der Waals surface area contributed by atoms with Crippen LogP contribution >= 0.6 is 0 Å². The lowest BCUT2D eigenvalue weighted by molar-refractivity contribution is -0.143. The van der Waals surface area contributed by atoms with Crippen LogP contribution in [0.5, 0.6) is 0 Å². The second kappa shape index (κ2) is 8.79. The lowest BCUT2D eigenvalue weighted by atomic mass is 9.47. The van der Waals surface area contributed by atoms with Gasteiger partial charge in [0.1, 0.15) is 11.6 Å². The third kappa shape index (κ3) is 3.78. The van der Waals surface area contributed by atoms with Gasteiger partial charge in [-0.15, -0.1) is 12.8 Å². The van der Waals surface area contributed by atoms with Crippen molar-refractivity contribution in [2.24, 2.45) is 34.5 Å². The first-order valence-electron chi connectivity index (χ1n) is 10.5. The SMILES string of the molecule is C#C.CC(=O)CC1CCC2C3CCC4=CC(=O)C=CC4(C)C3C(=O)CC12C.CO. The van der Waals surface area contributed by atoms with Crippen LogP contribution in [-0.2, 0) is 14.4 Å². The molecule has 1 N–H and O–H groups in total. The summed E-state index contributed by atoms with van der Waals surface area (Å²) >= 11 is 0. The largest absolute Gasteiger partial charge is 0.400 e. The molecule has 6 atom stereocenters. The lowest BCUT2D eigenvalue weighted by Gasteiger charge is -2.55. The maximum atomic E-state index is 13.3. The fraction of sp³-hybridized carbons (Fsp3) is 0.640. The van der Waals surface area contributed by atoms with Gasteiger partial charge in [0.05, 0.1) is 0 Å². The Labute approximate surface area is 174 Å². The molecule has 0 spiro atoms. The summed E-state index contributed by atoms with van der Waals surface area (Å²) in [6.07, 6.45) is 18.8. The second-order valence-electron chi connectivity index (χ2n) is 9.30. The van der Waals surface area contributed by atoms with Gasteiger partial charge in [0.2, 0.25) is 0 Å². The molecule has 4 nitrogen and oxygen atoms in total. The minimum atomic E-state index is -0.284. The number of aliphatic hydroxyl groups excluding tert-OH is 1. The van der Waals surface area contributed by atoms with Crippen LogP contribution in [0.25, 0.3) is 0 Å². The minimum absolute atomic E-state index is 0.00556. The first-order chi connectivity index (χ1) is 13.8. The summed E-state index contributed by atoms with van der Waals surface area (Å²) in [7, 11) is 1.00. The van der Waals surface area contributed by atoms with Crippen LogP contribution in [0.1, 0.15) is 59.3 Å². The van der Waals surface area contributed by atoms with Crippen molar-refractivity contribution in [2.45, 2.75) is 59.3 Å². The van der Waals surface area contributed by atoms with Gasteiger partial charge < -0.3 is 9.90 Å². The first-order valence-corrected chi connectivity index (χ1v) is 10.5. The summed E-state index contributed by atoms with van der Waals surface area (Å²) in [5.74, 6) is 1.94. The molecule has 4 aliphatic rings. The monoisotopic (exact) mass is 398 g/mol. The molecule has 0 amide bonds. The van der Waals surface area contributed by atoms with E-state index in [-0.39, 0.29) is 28.3 Å². The highest BCUT2D eigenvalue weighted by Crippen LogP contribution is 2.65. The molecule has 4 heteroatoms. The number of fused-ring (bicyclic) bond motifs is 5. The number of aliphatic hydroxyl groups is 1. The topological polar surface area (TPSA) is 71.4 Å². The van der Waals surface area contributed by atoms with Gasteiger partial charge in [-0.2, -0.15) is 0 Å². The van der Waals surface area contributed by atoms with Crippen molar-refractivity contribution in [1.82, 2.24) is 0 Å². The molecule has 3 fully saturated rings. The van der Waals surface area contributed by atoms with Crippen molar-refractivity contribution < 1.29 is 19.5 Å². The van der Waals surface area contributed by atoms with Gasteiger partial charge >= 0.3 is 0 Å². The van der Waals surface area contributed by atoms with Crippen molar-refractivity contribution in [3.05, 3.63) is 23.8 Å². The quantitative estimate of drug-likeness (QED) is 0.716. The predicted octanol–water partition coefficient (Wildman–Crippen LogP) is 3.93. The molecule has 4 aliphatic carbocycles. The second-order valence-corrected chi connectivity index (χ2v) is 9.30. The van der Waals surface area contributed by atoms with Crippen LogP contribution in [-0.4, -0.2) is 29.6 Å². The Morgan fingerprint density at radius 1 is 1.17 bits per heavy atom. The van der Waals surface area contributed by atoms with E-state index in [0.29, 0.717) is 36.4 Å². The van der Waals surface area contributed by atoms with Gasteiger partial charge in [0, 0.05) is 31.3 Å². The molecule has 0 aromatic carbocycles. The molecule has 158 valence electrons. The number of terminal acetylenes is 1. The molecule has 0 aliphatic heterocycles. The van der Waals surface area contributed by atoms with E-state index in [1.54, 1.807) is 19.1 Å². The van der Waals surface area contributed by atoms with E-state index < -0.39 is 0 Å². The summed E-state index contributed by atoms with van der Waals surface area (Å²) in [4.78, 5) is 36.8. The van der Waals surface area contributed by atoms with Crippen LogP contribution in [0, 0.1) is 47.3 Å². The number of carbonyl (C=O) groups excluding carboxylic acids is 3. The van der Waals surface area contributed by atoms with E-state index in [0.717, 1.165) is 38.4 Å². The summed E-state index contributed by atoms with van der Waals surface area (Å²) < 4.78 is 0. The number of ketones is 3. The maximum absolute atomic E-state index is 13.3. The van der Waals surface area contributed by atoms with Gasteiger partial charge in [-0.3, -0.25) is 9.59 Å². The predicted molar refractivity (Wildman–Crippen MR) is 114 cm³/mol. The molecule has 0 aromatic heterocycles. The van der Waals surface area contributed by atoms with E-state index in [4.69, 9.17) is 5.11 Å². The standard InChI is InChI=1S/C22H28O3.C2H2.CH4O/c1-13(23)10-14-5-7-18-17-6-4-15-11-16(24)8-9-21(15,2)20(17)19(25)12-22(14,18)3;2*1-2/h8-9,11,14,17-18,20H,4-7,10,12H2,1-3H3;1-2H;2H,1H3. The maximum Gasteiger partial charge on any atom is 0.178 e. The van der Waals surface area contributed by atoms with Crippen LogP contribution < -0.4 is 0 Å². The molecule has 3 saturated carbocycles. The average Bonchev–Trinajstić information content (AvgIpc) is 3.00. The van der Waals surface area contributed by atoms with E-state index in [2.05, 4.69) is 26.7 Å². The molecule has 29 heavy (non-hydrogen) atoms. The first kappa shape index (κ1) is 23.3. The van der Waals surface area contributed by atoms with E-state index in [9.17, 15) is 14.4 Å². The van der Waals surface area contributed by atoms with Gasteiger partial charge in [0.15, 0.2) is 5.78 Å². The number of allylic oxidation sites excluding steroid dienone is 4. The Hall–Kier alpha value is -1.99. The number of hydrogen-bond donors (Lipinski definition) is 1. The molecule has 0 aromatic rings. The Kier molecular flexibility index (Phi) is 7.06. The van der Waals surface area contributed by atoms with Crippen molar-refractivity contribution in [1.29, 1.82) is 0 Å². The molecular weight excluding hydrogens is 364 g/mol. The molecular formula is C25H34O4. The Bertz CT molecular complexity index is 758. The van der Waals surface area contributed by atoms with Gasteiger partial charge in [-0.05, 0) is 67.9 Å². The third-order valence-corrected chi connectivity index (χ3v) is 7.98. The summed E-state index contributed by atoms with van der Waals surface area (Å²) in [6, 6.07) is 0. The van der Waals surface area contributed by atoms with Crippen LogP contribution in [0.3, 0.4) is 0 Å². The van der Waals surface area contributed by atoms with E-state index in [1.165, 1.54) is 0 Å².